The highest BCUT2D eigenvalue weighted by Crippen LogP contribution is 2.33. The van der Waals surface area contributed by atoms with Crippen LogP contribution in [0.2, 0.25) is 0 Å². The fourth-order valence-corrected chi connectivity index (χ4v) is 3.41. The Bertz CT molecular complexity index is 695. The van der Waals surface area contributed by atoms with Crippen molar-refractivity contribution in [2.75, 3.05) is 18.4 Å². The van der Waals surface area contributed by atoms with Crippen molar-refractivity contribution in [3.8, 4) is 0 Å². The maximum atomic E-state index is 12.9. The van der Waals surface area contributed by atoms with Gasteiger partial charge in [-0.1, -0.05) is 42.5 Å². The van der Waals surface area contributed by atoms with E-state index in [2.05, 4.69) is 35.6 Å². The van der Waals surface area contributed by atoms with Gasteiger partial charge in [-0.3, -0.25) is 4.79 Å². The lowest BCUT2D eigenvalue weighted by Crippen LogP contribution is -2.39. The Hall–Kier alpha value is -2.29. The summed E-state index contributed by atoms with van der Waals surface area (Å²) in [4.78, 5) is 14.9. The first-order chi connectivity index (χ1) is 10.3. The maximum absolute atomic E-state index is 12.9. The van der Waals surface area contributed by atoms with E-state index >= 15 is 0 Å². The van der Waals surface area contributed by atoms with Gasteiger partial charge in [-0.25, -0.2) is 0 Å². The number of hydrogen-bond donors (Lipinski definition) is 1. The van der Waals surface area contributed by atoms with E-state index in [1.165, 1.54) is 11.1 Å². The summed E-state index contributed by atoms with van der Waals surface area (Å²) in [6, 6.07) is 16.6. The third-order valence-electron chi connectivity index (χ3n) is 4.57. The van der Waals surface area contributed by atoms with E-state index in [9.17, 15) is 4.79 Å². The van der Waals surface area contributed by atoms with Gasteiger partial charge in [-0.05, 0) is 29.2 Å². The third kappa shape index (κ3) is 2.09. The first-order valence-corrected chi connectivity index (χ1v) is 7.51. The highest BCUT2D eigenvalue weighted by Gasteiger charge is 2.32. The van der Waals surface area contributed by atoms with Gasteiger partial charge in [0.25, 0.3) is 0 Å². The normalized spacial score (nSPS) is 19.6. The van der Waals surface area contributed by atoms with E-state index in [4.69, 9.17) is 0 Å². The molecule has 106 valence electrons. The lowest BCUT2D eigenvalue weighted by molar-refractivity contribution is -0.133. The molecule has 0 aromatic heterocycles. The van der Waals surface area contributed by atoms with Crippen molar-refractivity contribution in [2.24, 2.45) is 0 Å². The molecule has 1 unspecified atom stereocenters. The SMILES string of the molecule is O=C(C1CNc2ccccc21)N1CCc2ccccc2C1. The number of benzene rings is 2. The molecule has 4 rings (SSSR count). The second-order valence-electron chi connectivity index (χ2n) is 5.80. The molecule has 1 atom stereocenters. The molecule has 2 aliphatic rings. The number of amides is 1. The van der Waals surface area contributed by atoms with Crippen LogP contribution < -0.4 is 5.32 Å². The molecular weight excluding hydrogens is 260 g/mol. The van der Waals surface area contributed by atoms with Gasteiger partial charge in [0.15, 0.2) is 0 Å². The summed E-state index contributed by atoms with van der Waals surface area (Å²) in [6.45, 7) is 2.29. The van der Waals surface area contributed by atoms with E-state index in [0.29, 0.717) is 0 Å². The van der Waals surface area contributed by atoms with Crippen LogP contribution in [-0.4, -0.2) is 23.9 Å². The van der Waals surface area contributed by atoms with Crippen LogP contribution in [0.4, 0.5) is 5.69 Å². The van der Waals surface area contributed by atoms with E-state index in [-0.39, 0.29) is 11.8 Å². The number of nitrogens with one attached hydrogen (secondary N) is 1. The van der Waals surface area contributed by atoms with E-state index in [1.807, 2.05) is 23.1 Å². The van der Waals surface area contributed by atoms with Crippen LogP contribution in [0, 0.1) is 0 Å². The quantitative estimate of drug-likeness (QED) is 0.870. The molecule has 2 aromatic rings. The summed E-state index contributed by atoms with van der Waals surface area (Å²) >= 11 is 0. The summed E-state index contributed by atoms with van der Waals surface area (Å²) < 4.78 is 0. The summed E-state index contributed by atoms with van der Waals surface area (Å²) in [7, 11) is 0. The van der Waals surface area contributed by atoms with Gasteiger partial charge in [0, 0.05) is 25.3 Å². The van der Waals surface area contributed by atoms with Crippen molar-refractivity contribution in [3.63, 3.8) is 0 Å². The smallest absolute Gasteiger partial charge is 0.232 e. The molecule has 0 spiro atoms. The molecule has 0 saturated heterocycles. The minimum absolute atomic E-state index is 0.0357. The second kappa shape index (κ2) is 4.92. The topological polar surface area (TPSA) is 32.3 Å². The number of carbonyl (C=O) groups is 1. The molecule has 0 radical (unpaired) electrons. The van der Waals surface area contributed by atoms with Gasteiger partial charge in [0.05, 0.1) is 5.92 Å². The van der Waals surface area contributed by atoms with Gasteiger partial charge in [-0.15, -0.1) is 0 Å². The summed E-state index contributed by atoms with van der Waals surface area (Å²) in [5.74, 6) is 0.216. The van der Waals surface area contributed by atoms with Gasteiger partial charge in [0.2, 0.25) is 5.91 Å². The second-order valence-corrected chi connectivity index (χ2v) is 5.80. The molecule has 0 bridgehead atoms. The Labute approximate surface area is 124 Å². The van der Waals surface area contributed by atoms with E-state index in [1.54, 1.807) is 0 Å². The van der Waals surface area contributed by atoms with Gasteiger partial charge < -0.3 is 10.2 Å². The molecule has 2 heterocycles. The van der Waals surface area contributed by atoms with Crippen molar-refractivity contribution in [3.05, 3.63) is 65.2 Å². The number of fused-ring (bicyclic) bond motifs is 2. The van der Waals surface area contributed by atoms with Crippen LogP contribution in [-0.2, 0) is 17.8 Å². The Balaban J connectivity index is 1.57. The predicted octanol–water partition coefficient (Wildman–Crippen LogP) is 2.78. The molecule has 1 amide bonds. The van der Waals surface area contributed by atoms with Gasteiger partial charge in [0.1, 0.15) is 0 Å². The fourth-order valence-electron chi connectivity index (χ4n) is 3.41. The van der Waals surface area contributed by atoms with Crippen LogP contribution in [0.1, 0.15) is 22.6 Å². The van der Waals surface area contributed by atoms with Crippen LogP contribution in [0.15, 0.2) is 48.5 Å². The van der Waals surface area contributed by atoms with Crippen LogP contribution in [0.5, 0.6) is 0 Å². The van der Waals surface area contributed by atoms with Gasteiger partial charge >= 0.3 is 0 Å². The van der Waals surface area contributed by atoms with Crippen LogP contribution >= 0.6 is 0 Å². The summed E-state index contributed by atoms with van der Waals surface area (Å²) in [5, 5.41) is 3.34. The lowest BCUT2D eigenvalue weighted by Gasteiger charge is -2.30. The molecular formula is C18H18N2O. The first-order valence-electron chi connectivity index (χ1n) is 7.51. The Morgan fingerprint density at radius 1 is 1.05 bits per heavy atom. The van der Waals surface area contributed by atoms with E-state index in [0.717, 1.165) is 37.3 Å². The Kier molecular flexibility index (Phi) is 2.92. The molecule has 0 fully saturated rings. The molecule has 2 aromatic carbocycles. The molecule has 0 saturated carbocycles. The van der Waals surface area contributed by atoms with Crippen molar-refractivity contribution < 1.29 is 4.79 Å². The number of carbonyl (C=O) groups excluding carboxylic acids is 1. The van der Waals surface area contributed by atoms with E-state index < -0.39 is 0 Å². The molecule has 1 N–H and O–H groups in total. The van der Waals surface area contributed by atoms with Crippen LogP contribution in [0.3, 0.4) is 0 Å². The highest BCUT2D eigenvalue weighted by molar-refractivity contribution is 5.88. The highest BCUT2D eigenvalue weighted by atomic mass is 16.2. The zero-order valence-corrected chi connectivity index (χ0v) is 11.9. The Morgan fingerprint density at radius 2 is 1.81 bits per heavy atom. The first kappa shape index (κ1) is 12.5. The molecule has 0 aliphatic carbocycles. The van der Waals surface area contributed by atoms with Crippen molar-refractivity contribution in [2.45, 2.75) is 18.9 Å². The molecule has 3 heteroatoms. The largest absolute Gasteiger partial charge is 0.384 e. The zero-order chi connectivity index (χ0) is 14.2. The Morgan fingerprint density at radius 3 is 2.71 bits per heavy atom. The molecule has 2 aliphatic heterocycles. The zero-order valence-electron chi connectivity index (χ0n) is 11.9. The summed E-state index contributed by atoms with van der Waals surface area (Å²) in [6.07, 6.45) is 0.962. The number of hydrogen-bond acceptors (Lipinski definition) is 2. The maximum Gasteiger partial charge on any atom is 0.232 e. The monoisotopic (exact) mass is 278 g/mol. The molecule has 3 nitrogen and oxygen atoms in total. The van der Waals surface area contributed by atoms with Crippen molar-refractivity contribution in [1.82, 2.24) is 4.90 Å². The number of nitrogens with zero attached hydrogens (tertiary/aromatic N) is 1. The van der Waals surface area contributed by atoms with Crippen LogP contribution in [0.25, 0.3) is 0 Å². The van der Waals surface area contributed by atoms with Crippen molar-refractivity contribution in [1.29, 1.82) is 0 Å². The number of anilines is 1. The molecule has 21 heavy (non-hydrogen) atoms. The predicted molar refractivity (Wildman–Crippen MR) is 83.2 cm³/mol. The lowest BCUT2D eigenvalue weighted by atomic mass is 9.96. The number of rotatable bonds is 1. The minimum Gasteiger partial charge on any atom is -0.384 e. The number of para-hydroxylation sites is 1. The average molecular weight is 278 g/mol. The third-order valence-corrected chi connectivity index (χ3v) is 4.57. The fraction of sp³-hybridized carbons (Fsp3) is 0.278. The van der Waals surface area contributed by atoms with Gasteiger partial charge in [-0.2, -0.15) is 0 Å². The average Bonchev–Trinajstić information content (AvgIpc) is 2.98. The summed E-state index contributed by atoms with van der Waals surface area (Å²) in [5.41, 5.74) is 4.91. The standard InChI is InChI=1S/C18H18N2O/c21-18(16-11-19-17-8-4-3-7-15(16)17)20-10-9-13-5-1-2-6-14(13)12-20/h1-8,16,19H,9-12H2. The minimum atomic E-state index is -0.0357. The van der Waals surface area contributed by atoms with Crippen molar-refractivity contribution >= 4 is 11.6 Å².